The standard InChI is InChI=1S/C16H12N4S.Na/c21-16-19-18-15(20(16)11-6-2-1-3-7-11)13-10-17-14-9-5-4-8-12(13)14;/h1-10,17H,(H,19,21);/p-1. The Morgan fingerprint density at radius 2 is 1.64 bits per heavy atom. The van der Waals surface area contributed by atoms with Crippen LogP contribution in [-0.4, -0.2) is 49.3 Å². The Morgan fingerprint density at radius 1 is 0.909 bits per heavy atom. The zero-order valence-corrected chi connectivity index (χ0v) is 14.8. The number of hydrogen-bond acceptors (Lipinski definition) is 3. The fourth-order valence-corrected chi connectivity index (χ4v) is 2.74. The van der Waals surface area contributed by atoms with E-state index >= 15 is 0 Å². The van der Waals surface area contributed by atoms with Crippen molar-refractivity contribution in [2.75, 3.05) is 0 Å². The molecule has 2 heterocycles. The molecule has 2 aromatic heterocycles. The molecule has 0 aliphatic carbocycles. The number of nitrogens with zero attached hydrogens (tertiary/aromatic N) is 3. The molecular weight excluding hydrogens is 303 g/mol. The number of nitrogens with one attached hydrogen (secondary N) is 1. The van der Waals surface area contributed by atoms with Crippen LogP contribution >= 0.6 is 0 Å². The predicted octanol–water partition coefficient (Wildman–Crippen LogP) is 2.94. The molecule has 0 atom stereocenters. The Labute approximate surface area is 155 Å². The topological polar surface area (TPSA) is 46.5 Å². The van der Waals surface area contributed by atoms with Crippen molar-refractivity contribution in [1.29, 1.82) is 0 Å². The first-order chi connectivity index (χ1) is 10.3. The molecule has 0 saturated heterocycles. The monoisotopic (exact) mass is 314 g/mol. The second-order valence-electron chi connectivity index (χ2n) is 4.73. The van der Waals surface area contributed by atoms with Crippen molar-refractivity contribution in [3.8, 4) is 17.1 Å². The fourth-order valence-electron chi connectivity index (χ4n) is 2.51. The summed E-state index contributed by atoms with van der Waals surface area (Å²) in [4.78, 5) is 3.26. The molecule has 1 radical (unpaired) electrons. The summed E-state index contributed by atoms with van der Waals surface area (Å²) < 4.78 is 1.89. The Kier molecular flexibility index (Phi) is 4.31. The van der Waals surface area contributed by atoms with Crippen LogP contribution in [0.4, 0.5) is 0 Å². The Balaban J connectivity index is 0.00000144. The summed E-state index contributed by atoms with van der Waals surface area (Å²) in [6, 6.07) is 18.0. The van der Waals surface area contributed by atoms with E-state index in [1.54, 1.807) is 0 Å². The first kappa shape index (κ1) is 15.2. The van der Waals surface area contributed by atoms with E-state index in [1.165, 1.54) is 0 Å². The van der Waals surface area contributed by atoms with Gasteiger partial charge in [-0.15, -0.1) is 5.10 Å². The molecule has 6 heteroatoms. The summed E-state index contributed by atoms with van der Waals surface area (Å²) in [5.74, 6) is 0.753. The van der Waals surface area contributed by atoms with E-state index in [0.717, 1.165) is 28.0 Å². The number of aromatic nitrogens is 4. The molecule has 2 aromatic carbocycles. The molecule has 1 N–H and O–H groups in total. The maximum atomic E-state index is 5.33. The third-order valence-electron chi connectivity index (χ3n) is 3.48. The number of benzene rings is 2. The van der Waals surface area contributed by atoms with Gasteiger partial charge in [0.2, 0.25) is 0 Å². The van der Waals surface area contributed by atoms with Crippen LogP contribution in [0.15, 0.2) is 66.0 Å². The van der Waals surface area contributed by atoms with Crippen molar-refractivity contribution in [3.05, 3.63) is 60.8 Å². The van der Waals surface area contributed by atoms with Gasteiger partial charge in [-0.2, -0.15) is 5.10 Å². The minimum absolute atomic E-state index is 0. The smallest absolute Gasteiger partial charge is 0.169 e. The SMILES string of the molecule is [Na].[S-]c1nnc(-c2c[nH]c3ccccc23)n1-c1ccccc1. The molecule has 0 saturated carbocycles. The molecule has 4 aromatic rings. The van der Waals surface area contributed by atoms with Gasteiger partial charge in [0, 0.05) is 63.1 Å². The molecule has 0 unspecified atom stereocenters. The van der Waals surface area contributed by atoms with Crippen molar-refractivity contribution in [1.82, 2.24) is 19.7 Å². The van der Waals surface area contributed by atoms with Crippen molar-refractivity contribution in [2.45, 2.75) is 5.16 Å². The first-order valence-corrected chi connectivity index (χ1v) is 7.00. The normalized spacial score (nSPS) is 10.5. The second-order valence-corrected chi connectivity index (χ2v) is 5.09. The summed E-state index contributed by atoms with van der Waals surface area (Å²) in [5.41, 5.74) is 3.03. The van der Waals surface area contributed by atoms with Gasteiger partial charge in [0.25, 0.3) is 0 Å². The van der Waals surface area contributed by atoms with E-state index in [2.05, 4.69) is 21.2 Å². The molecule has 0 spiro atoms. The quantitative estimate of drug-likeness (QED) is 0.457. The van der Waals surface area contributed by atoms with Crippen LogP contribution in [0.3, 0.4) is 0 Å². The zero-order chi connectivity index (χ0) is 14.2. The van der Waals surface area contributed by atoms with E-state index in [0.29, 0.717) is 5.16 Å². The molecule has 22 heavy (non-hydrogen) atoms. The van der Waals surface area contributed by atoms with Gasteiger partial charge in [0.15, 0.2) is 5.82 Å². The third-order valence-corrected chi connectivity index (χ3v) is 3.74. The van der Waals surface area contributed by atoms with E-state index in [1.807, 2.05) is 59.3 Å². The number of rotatable bonds is 2. The Hall–Kier alpha value is -1.66. The van der Waals surface area contributed by atoms with E-state index in [-0.39, 0.29) is 29.6 Å². The van der Waals surface area contributed by atoms with Crippen LogP contribution < -0.4 is 0 Å². The van der Waals surface area contributed by atoms with Crippen LogP contribution in [0.1, 0.15) is 0 Å². The summed E-state index contributed by atoms with van der Waals surface area (Å²) >= 11 is 5.33. The summed E-state index contributed by atoms with van der Waals surface area (Å²) in [6.45, 7) is 0. The molecule has 0 aliphatic rings. The molecule has 0 fully saturated rings. The number of hydrogen-bond donors (Lipinski definition) is 1. The average Bonchev–Trinajstić information content (AvgIpc) is 3.11. The van der Waals surface area contributed by atoms with Gasteiger partial charge >= 0.3 is 0 Å². The molecule has 0 aliphatic heterocycles. The van der Waals surface area contributed by atoms with E-state index in [4.69, 9.17) is 12.6 Å². The maximum Gasteiger partial charge on any atom is 0.169 e. The number of fused-ring (bicyclic) bond motifs is 1. The Bertz CT molecular complexity index is 914. The van der Waals surface area contributed by atoms with Gasteiger partial charge < -0.3 is 17.6 Å². The molecule has 4 nitrogen and oxygen atoms in total. The second kappa shape index (κ2) is 6.22. The van der Waals surface area contributed by atoms with Crippen molar-refractivity contribution >= 4 is 53.1 Å². The first-order valence-electron chi connectivity index (χ1n) is 6.59. The van der Waals surface area contributed by atoms with Gasteiger partial charge in [0.1, 0.15) is 0 Å². The summed E-state index contributed by atoms with van der Waals surface area (Å²) in [6.07, 6.45) is 1.95. The minimum atomic E-state index is 0. The number of para-hydroxylation sites is 2. The predicted molar refractivity (Wildman–Crippen MR) is 90.0 cm³/mol. The van der Waals surface area contributed by atoms with Crippen LogP contribution in [0.2, 0.25) is 0 Å². The van der Waals surface area contributed by atoms with Crippen molar-refractivity contribution in [2.24, 2.45) is 0 Å². The third kappa shape index (κ3) is 2.46. The molecule has 0 amide bonds. The van der Waals surface area contributed by atoms with E-state index < -0.39 is 0 Å². The maximum absolute atomic E-state index is 5.33. The van der Waals surface area contributed by atoms with Gasteiger partial charge in [0.05, 0.1) is 0 Å². The molecule has 103 valence electrons. The largest absolute Gasteiger partial charge is 0.740 e. The van der Waals surface area contributed by atoms with Crippen molar-refractivity contribution in [3.63, 3.8) is 0 Å². The van der Waals surface area contributed by atoms with Gasteiger partial charge in [-0.1, -0.05) is 36.4 Å². The molecule has 0 bridgehead atoms. The summed E-state index contributed by atoms with van der Waals surface area (Å²) in [7, 11) is 0. The van der Waals surface area contributed by atoms with Gasteiger partial charge in [-0.05, 0) is 18.2 Å². The van der Waals surface area contributed by atoms with Crippen LogP contribution in [0.5, 0.6) is 0 Å². The van der Waals surface area contributed by atoms with E-state index in [9.17, 15) is 0 Å². The van der Waals surface area contributed by atoms with Crippen LogP contribution in [-0.2, 0) is 12.6 Å². The fraction of sp³-hybridized carbons (Fsp3) is 0. The average molecular weight is 314 g/mol. The zero-order valence-electron chi connectivity index (χ0n) is 12.0. The van der Waals surface area contributed by atoms with Gasteiger partial charge in [-0.25, -0.2) is 0 Å². The molecular formula is C16H11N4NaS-. The van der Waals surface area contributed by atoms with Gasteiger partial charge in [-0.3, -0.25) is 4.57 Å². The number of aromatic amines is 1. The number of H-pyrrole nitrogens is 1. The molecule has 4 rings (SSSR count). The minimum Gasteiger partial charge on any atom is -0.740 e. The summed E-state index contributed by atoms with van der Waals surface area (Å²) in [5, 5.41) is 9.91. The Morgan fingerprint density at radius 3 is 2.45 bits per heavy atom. The van der Waals surface area contributed by atoms with Crippen LogP contribution in [0, 0.1) is 0 Å². The van der Waals surface area contributed by atoms with Crippen LogP contribution in [0.25, 0.3) is 28.0 Å². The van der Waals surface area contributed by atoms with Crippen molar-refractivity contribution < 1.29 is 0 Å².